The summed E-state index contributed by atoms with van der Waals surface area (Å²) in [7, 11) is 0. The van der Waals surface area contributed by atoms with E-state index in [2.05, 4.69) is 31.2 Å². The number of unbranched alkanes of at least 4 members (excludes halogenated alkanes) is 2. The van der Waals surface area contributed by atoms with E-state index in [1.807, 2.05) is 0 Å². The average molecular weight is 226 g/mol. The van der Waals surface area contributed by atoms with Crippen LogP contribution in [0.4, 0.5) is 0 Å². The first-order valence-corrected chi connectivity index (χ1v) is 4.14. The Balaban J connectivity index is 0.000001000. The minimum absolute atomic E-state index is 0. The van der Waals surface area contributed by atoms with Gasteiger partial charge in [-0.1, -0.05) is 32.6 Å². The van der Waals surface area contributed by atoms with Gasteiger partial charge in [0.25, 0.3) is 0 Å². The molecule has 0 amide bonds. The molecule has 1 heteroatoms. The first-order chi connectivity index (χ1) is 4.93. The van der Waals surface area contributed by atoms with E-state index in [4.69, 9.17) is 0 Å². The molecule has 0 aromatic heterocycles. The molecule has 60 valence electrons. The van der Waals surface area contributed by atoms with Crippen molar-refractivity contribution in [3.8, 4) is 0 Å². The van der Waals surface area contributed by atoms with Crippen molar-refractivity contribution in [1.29, 1.82) is 0 Å². The molecule has 0 fully saturated rings. The topological polar surface area (TPSA) is 0 Å². The SMILES string of the molecule is CCCCC[c-]1cccc1.[Zr]. The molecule has 0 spiro atoms. The van der Waals surface area contributed by atoms with E-state index in [1.54, 1.807) is 0 Å². The standard InChI is InChI=1S/C10H15.Zr/c1-2-3-4-7-10-8-5-6-9-10;/h5-6,8-9H,2-4,7H2,1H3;/q-1;. The Hall–Kier alpha value is 0.233. The molecule has 0 heterocycles. The summed E-state index contributed by atoms with van der Waals surface area (Å²) in [5.74, 6) is 0. The zero-order chi connectivity index (χ0) is 7.23. The Morgan fingerprint density at radius 2 is 1.73 bits per heavy atom. The third-order valence-electron chi connectivity index (χ3n) is 1.80. The van der Waals surface area contributed by atoms with Gasteiger partial charge in [-0.15, -0.1) is 0 Å². The van der Waals surface area contributed by atoms with E-state index in [0.29, 0.717) is 0 Å². The van der Waals surface area contributed by atoms with Crippen LogP contribution in [0.3, 0.4) is 0 Å². The van der Waals surface area contributed by atoms with Crippen LogP contribution < -0.4 is 0 Å². The van der Waals surface area contributed by atoms with Crippen LogP contribution in [0.15, 0.2) is 24.3 Å². The molecule has 0 nitrogen and oxygen atoms in total. The summed E-state index contributed by atoms with van der Waals surface area (Å²) >= 11 is 0. The Kier molecular flexibility index (Phi) is 7.06. The van der Waals surface area contributed by atoms with Gasteiger partial charge in [-0.2, -0.15) is 17.7 Å². The molecule has 0 bridgehead atoms. The number of rotatable bonds is 4. The van der Waals surface area contributed by atoms with Crippen molar-refractivity contribution >= 4 is 0 Å². The first kappa shape index (κ1) is 11.2. The smallest absolute Gasteiger partial charge is 0 e. The molecule has 0 radical (unpaired) electrons. The Morgan fingerprint density at radius 3 is 2.27 bits per heavy atom. The molecule has 1 aromatic rings. The number of aryl methyl sites for hydroxylation is 1. The molecule has 0 aliphatic carbocycles. The van der Waals surface area contributed by atoms with Crippen LogP contribution in [0.25, 0.3) is 0 Å². The summed E-state index contributed by atoms with van der Waals surface area (Å²) in [6.45, 7) is 2.24. The Labute approximate surface area is 88.5 Å². The minimum atomic E-state index is 0. The summed E-state index contributed by atoms with van der Waals surface area (Å²) < 4.78 is 0. The van der Waals surface area contributed by atoms with Crippen LogP contribution in [-0.4, -0.2) is 0 Å². The van der Waals surface area contributed by atoms with Crippen molar-refractivity contribution in [3.63, 3.8) is 0 Å². The Bertz CT molecular complexity index is 153. The van der Waals surface area contributed by atoms with Crippen LogP contribution in [0.5, 0.6) is 0 Å². The van der Waals surface area contributed by atoms with Crippen LogP contribution in [0.1, 0.15) is 31.7 Å². The van der Waals surface area contributed by atoms with Gasteiger partial charge >= 0.3 is 0 Å². The van der Waals surface area contributed by atoms with Crippen molar-refractivity contribution in [1.82, 2.24) is 0 Å². The van der Waals surface area contributed by atoms with E-state index in [1.165, 1.54) is 31.2 Å². The van der Waals surface area contributed by atoms with E-state index >= 15 is 0 Å². The molecule has 0 aliphatic rings. The van der Waals surface area contributed by atoms with Gasteiger partial charge in [-0.05, 0) is 0 Å². The molecule has 1 rings (SSSR count). The third kappa shape index (κ3) is 4.64. The van der Waals surface area contributed by atoms with Gasteiger partial charge < -0.3 is 0 Å². The first-order valence-electron chi connectivity index (χ1n) is 4.14. The molecule has 0 N–H and O–H groups in total. The largest absolute Gasteiger partial charge is 0.213 e. The molecule has 11 heavy (non-hydrogen) atoms. The average Bonchev–Trinajstić information content (AvgIpc) is 2.41. The summed E-state index contributed by atoms with van der Waals surface area (Å²) in [5.41, 5.74) is 1.49. The molecule has 0 atom stereocenters. The fourth-order valence-corrected chi connectivity index (χ4v) is 1.16. The fourth-order valence-electron chi connectivity index (χ4n) is 1.16. The van der Waals surface area contributed by atoms with Gasteiger partial charge in [0.05, 0.1) is 0 Å². The molecule has 0 saturated heterocycles. The van der Waals surface area contributed by atoms with Crippen LogP contribution in [-0.2, 0) is 32.6 Å². The minimum Gasteiger partial charge on any atom is -0.213 e. The second kappa shape index (κ2) is 6.91. The summed E-state index contributed by atoms with van der Waals surface area (Å²) in [5, 5.41) is 0. The molecule has 1 aromatic carbocycles. The van der Waals surface area contributed by atoms with Crippen molar-refractivity contribution in [2.75, 3.05) is 0 Å². The van der Waals surface area contributed by atoms with Crippen molar-refractivity contribution in [2.45, 2.75) is 32.6 Å². The fraction of sp³-hybridized carbons (Fsp3) is 0.500. The zero-order valence-corrected chi connectivity index (χ0v) is 9.60. The van der Waals surface area contributed by atoms with Gasteiger partial charge in [0.2, 0.25) is 0 Å². The van der Waals surface area contributed by atoms with Crippen molar-refractivity contribution in [2.24, 2.45) is 0 Å². The van der Waals surface area contributed by atoms with Crippen molar-refractivity contribution < 1.29 is 26.2 Å². The van der Waals surface area contributed by atoms with Crippen LogP contribution in [0.2, 0.25) is 0 Å². The summed E-state index contributed by atoms with van der Waals surface area (Å²) in [6, 6.07) is 8.63. The van der Waals surface area contributed by atoms with Gasteiger partial charge in [-0.25, -0.2) is 12.1 Å². The summed E-state index contributed by atoms with van der Waals surface area (Å²) in [4.78, 5) is 0. The normalized spacial score (nSPS) is 9.18. The van der Waals surface area contributed by atoms with E-state index in [-0.39, 0.29) is 26.2 Å². The maximum Gasteiger partial charge on any atom is 0 e. The maximum absolute atomic E-state index is 2.24. The van der Waals surface area contributed by atoms with Crippen LogP contribution >= 0.6 is 0 Å². The molecule has 0 unspecified atom stereocenters. The van der Waals surface area contributed by atoms with Gasteiger partial charge in [0.15, 0.2) is 0 Å². The van der Waals surface area contributed by atoms with Crippen molar-refractivity contribution in [3.05, 3.63) is 29.8 Å². The number of hydrogen-bond donors (Lipinski definition) is 0. The zero-order valence-electron chi connectivity index (χ0n) is 7.14. The van der Waals surface area contributed by atoms with Gasteiger partial charge in [-0.3, -0.25) is 0 Å². The van der Waals surface area contributed by atoms with Gasteiger partial charge in [0, 0.05) is 26.2 Å². The van der Waals surface area contributed by atoms with E-state index < -0.39 is 0 Å². The maximum atomic E-state index is 2.24. The number of hydrogen-bond acceptors (Lipinski definition) is 0. The molecule has 0 saturated carbocycles. The molecule has 0 aliphatic heterocycles. The van der Waals surface area contributed by atoms with E-state index in [0.717, 1.165) is 0 Å². The predicted octanol–water partition coefficient (Wildman–Crippen LogP) is 3.14. The molecular formula is C10H15Zr-. The van der Waals surface area contributed by atoms with Crippen LogP contribution in [0, 0.1) is 0 Å². The Morgan fingerprint density at radius 1 is 1.09 bits per heavy atom. The predicted molar refractivity (Wildman–Crippen MR) is 45.3 cm³/mol. The third-order valence-corrected chi connectivity index (χ3v) is 1.80. The molecular weight excluding hydrogens is 211 g/mol. The van der Waals surface area contributed by atoms with E-state index in [9.17, 15) is 0 Å². The second-order valence-electron chi connectivity index (χ2n) is 2.75. The summed E-state index contributed by atoms with van der Waals surface area (Å²) in [6.07, 6.45) is 5.30. The quantitative estimate of drug-likeness (QED) is 0.546. The second-order valence-corrected chi connectivity index (χ2v) is 2.75. The van der Waals surface area contributed by atoms with Gasteiger partial charge in [0.1, 0.15) is 0 Å². The monoisotopic (exact) mass is 225 g/mol.